The molecule has 0 saturated carbocycles. The first-order valence-electron chi connectivity index (χ1n) is 7.22. The fourth-order valence-corrected chi connectivity index (χ4v) is 2.55. The second kappa shape index (κ2) is 8.60. The highest BCUT2D eigenvalue weighted by Crippen LogP contribution is 2.28. The van der Waals surface area contributed by atoms with Gasteiger partial charge in [0.1, 0.15) is 5.75 Å². The predicted octanol–water partition coefficient (Wildman–Crippen LogP) is 3.06. The molecule has 2 aromatic carbocycles. The van der Waals surface area contributed by atoms with Gasteiger partial charge in [0.25, 0.3) is 5.91 Å². The van der Waals surface area contributed by atoms with E-state index < -0.39 is 18.5 Å². The minimum atomic E-state index is -0.783. The number of rotatable bonds is 6. The van der Waals surface area contributed by atoms with Crippen LogP contribution in [0.1, 0.15) is 15.9 Å². The Morgan fingerprint density at radius 3 is 2.64 bits per heavy atom. The number of esters is 1. The molecule has 0 aromatic heterocycles. The topological polar surface area (TPSA) is 90.6 Å². The molecule has 0 aliphatic carbocycles. The van der Waals surface area contributed by atoms with Crippen LogP contribution in [0.4, 0.5) is 5.69 Å². The van der Waals surface area contributed by atoms with E-state index in [9.17, 15) is 9.59 Å². The number of nitrogen functional groups attached to an aromatic ring is 1. The fourth-order valence-electron chi connectivity index (χ4n) is 2.06. The minimum absolute atomic E-state index is 0.00929. The van der Waals surface area contributed by atoms with Gasteiger partial charge >= 0.3 is 5.97 Å². The van der Waals surface area contributed by atoms with Gasteiger partial charge in [0.15, 0.2) is 6.61 Å². The molecule has 0 saturated heterocycles. The van der Waals surface area contributed by atoms with Gasteiger partial charge in [0.2, 0.25) is 0 Å². The molecular weight excluding hydrogens is 367 g/mol. The molecule has 25 heavy (non-hydrogen) atoms. The largest absolute Gasteiger partial charge is 0.496 e. The van der Waals surface area contributed by atoms with Crippen molar-refractivity contribution in [3.8, 4) is 5.75 Å². The molecule has 0 bridgehead atoms. The van der Waals surface area contributed by atoms with Crippen molar-refractivity contribution in [3.63, 3.8) is 0 Å². The first-order chi connectivity index (χ1) is 11.9. The molecule has 0 atom stereocenters. The van der Waals surface area contributed by atoms with E-state index >= 15 is 0 Å². The van der Waals surface area contributed by atoms with Crippen molar-refractivity contribution in [1.82, 2.24) is 5.32 Å². The van der Waals surface area contributed by atoms with Crippen LogP contribution in [0.5, 0.6) is 5.75 Å². The van der Waals surface area contributed by atoms with E-state index in [1.807, 2.05) is 18.2 Å². The summed E-state index contributed by atoms with van der Waals surface area (Å²) in [5.41, 5.74) is 6.58. The van der Waals surface area contributed by atoms with Gasteiger partial charge < -0.3 is 20.5 Å². The molecule has 0 aliphatic heterocycles. The molecule has 0 radical (unpaired) electrons. The SMILES string of the molecule is COc1ccccc1CNC(=O)COC(=O)c1cc(Cl)cc(Cl)c1N. The van der Waals surface area contributed by atoms with Gasteiger partial charge in [-0.2, -0.15) is 0 Å². The Kier molecular flexibility index (Phi) is 6.50. The molecule has 0 heterocycles. The third-order valence-corrected chi connectivity index (χ3v) is 3.85. The van der Waals surface area contributed by atoms with Gasteiger partial charge in [0, 0.05) is 17.1 Å². The number of nitrogens with one attached hydrogen (secondary N) is 1. The van der Waals surface area contributed by atoms with Gasteiger partial charge in [-0.3, -0.25) is 4.79 Å². The standard InChI is InChI=1S/C17H16Cl2N2O4/c1-24-14-5-3-2-4-10(14)8-21-15(22)9-25-17(23)12-6-11(18)7-13(19)16(12)20/h2-7H,8-9,20H2,1H3,(H,21,22). The highest BCUT2D eigenvalue weighted by Gasteiger charge is 2.16. The lowest BCUT2D eigenvalue weighted by Crippen LogP contribution is -2.28. The maximum Gasteiger partial charge on any atom is 0.340 e. The van der Waals surface area contributed by atoms with Crippen LogP contribution in [0.15, 0.2) is 36.4 Å². The van der Waals surface area contributed by atoms with Crippen LogP contribution < -0.4 is 15.8 Å². The summed E-state index contributed by atoms with van der Waals surface area (Å²) in [5, 5.41) is 3.02. The molecule has 0 aliphatic rings. The van der Waals surface area contributed by atoms with E-state index in [0.717, 1.165) is 5.56 Å². The minimum Gasteiger partial charge on any atom is -0.496 e. The van der Waals surface area contributed by atoms with Crippen LogP contribution in [-0.4, -0.2) is 25.6 Å². The van der Waals surface area contributed by atoms with Gasteiger partial charge in [-0.15, -0.1) is 0 Å². The zero-order valence-electron chi connectivity index (χ0n) is 13.3. The molecule has 0 unspecified atom stereocenters. The number of para-hydroxylation sites is 1. The lowest BCUT2D eigenvalue weighted by molar-refractivity contribution is -0.124. The van der Waals surface area contributed by atoms with Crippen molar-refractivity contribution in [3.05, 3.63) is 57.6 Å². The third-order valence-electron chi connectivity index (χ3n) is 3.32. The number of methoxy groups -OCH3 is 1. The lowest BCUT2D eigenvalue weighted by atomic mass is 10.2. The zero-order valence-corrected chi connectivity index (χ0v) is 14.9. The summed E-state index contributed by atoms with van der Waals surface area (Å²) in [6.45, 7) is -0.219. The van der Waals surface area contributed by atoms with Crippen LogP contribution in [0.2, 0.25) is 10.0 Å². The number of hydrogen-bond acceptors (Lipinski definition) is 5. The molecule has 2 rings (SSSR count). The van der Waals surface area contributed by atoms with Gasteiger partial charge in [0.05, 0.1) is 23.4 Å². The van der Waals surface area contributed by atoms with E-state index in [2.05, 4.69) is 5.32 Å². The van der Waals surface area contributed by atoms with Crippen molar-refractivity contribution < 1.29 is 19.1 Å². The van der Waals surface area contributed by atoms with E-state index in [1.165, 1.54) is 12.1 Å². The van der Waals surface area contributed by atoms with Crippen LogP contribution in [-0.2, 0) is 16.1 Å². The summed E-state index contributed by atoms with van der Waals surface area (Å²) < 4.78 is 10.1. The highest BCUT2D eigenvalue weighted by molar-refractivity contribution is 6.37. The van der Waals surface area contributed by atoms with Gasteiger partial charge in [-0.25, -0.2) is 4.79 Å². The number of ether oxygens (including phenoxy) is 2. The molecule has 0 fully saturated rings. The third kappa shape index (κ3) is 5.01. The normalized spacial score (nSPS) is 10.2. The molecule has 0 spiro atoms. The molecule has 6 nitrogen and oxygen atoms in total. The Morgan fingerprint density at radius 2 is 1.92 bits per heavy atom. The number of amides is 1. The Bertz CT molecular complexity index is 796. The van der Waals surface area contributed by atoms with E-state index in [4.69, 9.17) is 38.4 Å². The van der Waals surface area contributed by atoms with Crippen LogP contribution in [0.3, 0.4) is 0 Å². The lowest BCUT2D eigenvalue weighted by Gasteiger charge is -2.11. The quantitative estimate of drug-likeness (QED) is 0.591. The predicted molar refractivity (Wildman–Crippen MR) is 96.0 cm³/mol. The average Bonchev–Trinajstić information content (AvgIpc) is 2.61. The molecule has 132 valence electrons. The molecule has 8 heteroatoms. The average molecular weight is 383 g/mol. The van der Waals surface area contributed by atoms with Crippen LogP contribution in [0, 0.1) is 0 Å². The number of carbonyl (C=O) groups excluding carboxylic acids is 2. The molecule has 3 N–H and O–H groups in total. The number of hydrogen-bond donors (Lipinski definition) is 2. The summed E-state index contributed by atoms with van der Waals surface area (Å²) in [6.07, 6.45) is 0. The monoisotopic (exact) mass is 382 g/mol. The molecular formula is C17H16Cl2N2O4. The molecule has 2 aromatic rings. The number of halogens is 2. The number of anilines is 1. The number of nitrogens with two attached hydrogens (primary N) is 1. The van der Waals surface area contributed by atoms with Crippen molar-refractivity contribution >= 4 is 40.8 Å². The van der Waals surface area contributed by atoms with E-state index in [0.29, 0.717) is 5.75 Å². The molecule has 1 amide bonds. The summed E-state index contributed by atoms with van der Waals surface area (Å²) in [7, 11) is 1.54. The highest BCUT2D eigenvalue weighted by atomic mass is 35.5. The van der Waals surface area contributed by atoms with E-state index in [-0.39, 0.29) is 27.8 Å². The Morgan fingerprint density at radius 1 is 1.20 bits per heavy atom. The van der Waals surface area contributed by atoms with Crippen molar-refractivity contribution in [2.75, 3.05) is 19.5 Å². The van der Waals surface area contributed by atoms with Crippen molar-refractivity contribution in [2.24, 2.45) is 0 Å². The van der Waals surface area contributed by atoms with E-state index in [1.54, 1.807) is 13.2 Å². The Hall–Kier alpha value is -2.44. The maximum atomic E-state index is 12.0. The fraction of sp³-hybridized carbons (Fsp3) is 0.176. The van der Waals surface area contributed by atoms with Crippen molar-refractivity contribution in [1.29, 1.82) is 0 Å². The summed E-state index contributed by atoms with van der Waals surface area (Å²) >= 11 is 11.7. The van der Waals surface area contributed by atoms with Crippen LogP contribution >= 0.6 is 23.2 Å². The smallest absolute Gasteiger partial charge is 0.340 e. The Labute approximate surface area is 154 Å². The first-order valence-corrected chi connectivity index (χ1v) is 7.98. The summed E-state index contributed by atoms with van der Waals surface area (Å²) in [6, 6.07) is 10.0. The van der Waals surface area contributed by atoms with Crippen molar-refractivity contribution in [2.45, 2.75) is 6.54 Å². The first kappa shape index (κ1) is 18.9. The summed E-state index contributed by atoms with van der Waals surface area (Å²) in [4.78, 5) is 23.9. The van der Waals surface area contributed by atoms with Crippen LogP contribution in [0.25, 0.3) is 0 Å². The van der Waals surface area contributed by atoms with Gasteiger partial charge in [-0.05, 0) is 18.2 Å². The maximum absolute atomic E-state index is 12.0. The number of benzene rings is 2. The zero-order chi connectivity index (χ0) is 18.4. The van der Waals surface area contributed by atoms with Gasteiger partial charge in [-0.1, -0.05) is 41.4 Å². The Balaban J connectivity index is 1.91. The summed E-state index contributed by atoms with van der Waals surface area (Å²) in [5.74, 6) is -0.596. The second-order valence-electron chi connectivity index (χ2n) is 5.01. The second-order valence-corrected chi connectivity index (χ2v) is 5.86. The number of carbonyl (C=O) groups is 2.